The summed E-state index contributed by atoms with van der Waals surface area (Å²) >= 11 is 0. The van der Waals surface area contributed by atoms with Crippen LogP contribution in [-0.2, 0) is 0 Å². The Kier molecular flexibility index (Phi) is 6.30. The molecule has 0 radical (unpaired) electrons. The topological polar surface area (TPSA) is 40.5 Å². The van der Waals surface area contributed by atoms with Crippen LogP contribution >= 0.6 is 0 Å². The van der Waals surface area contributed by atoms with Crippen LogP contribution in [0.4, 0.5) is 0 Å². The van der Waals surface area contributed by atoms with Gasteiger partial charge in [-0.1, -0.05) is 40.5 Å². The van der Waals surface area contributed by atoms with E-state index >= 15 is 0 Å². The molecule has 0 aromatic heterocycles. The SMILES string of the molecule is CC1CCC2C(C1)C1CC(C)CCC1C2(C1CCC(O)C(C)C1)C1CCC(O)C(C)C1. The molecular weight excluding hydrogens is 380 g/mol. The van der Waals surface area contributed by atoms with E-state index in [9.17, 15) is 10.2 Å². The Morgan fingerprint density at radius 1 is 0.516 bits per heavy atom. The van der Waals surface area contributed by atoms with Gasteiger partial charge in [0.25, 0.3) is 0 Å². The molecule has 5 aliphatic carbocycles. The molecule has 5 aliphatic rings. The number of aliphatic hydroxyl groups excluding tert-OH is 2. The summed E-state index contributed by atoms with van der Waals surface area (Å²) in [4.78, 5) is 0. The second-order valence-corrected chi connectivity index (χ2v) is 13.5. The van der Waals surface area contributed by atoms with Crippen LogP contribution in [0.3, 0.4) is 0 Å². The van der Waals surface area contributed by atoms with Gasteiger partial charge in [-0.15, -0.1) is 0 Å². The largest absolute Gasteiger partial charge is 0.393 e. The quantitative estimate of drug-likeness (QED) is 0.512. The second-order valence-electron chi connectivity index (χ2n) is 13.5. The number of fused-ring (bicyclic) bond motifs is 3. The number of hydrogen-bond donors (Lipinski definition) is 2. The fourth-order valence-corrected chi connectivity index (χ4v) is 10.5. The van der Waals surface area contributed by atoms with Gasteiger partial charge in [-0.3, -0.25) is 0 Å². The maximum atomic E-state index is 10.6. The Labute approximate surface area is 192 Å². The van der Waals surface area contributed by atoms with Crippen LogP contribution in [0.1, 0.15) is 105 Å². The molecule has 5 fully saturated rings. The zero-order valence-corrected chi connectivity index (χ0v) is 20.8. The van der Waals surface area contributed by atoms with Crippen molar-refractivity contribution in [3.63, 3.8) is 0 Å². The van der Waals surface area contributed by atoms with Gasteiger partial charge in [-0.25, -0.2) is 0 Å². The lowest BCUT2D eigenvalue weighted by Crippen LogP contribution is -2.52. The van der Waals surface area contributed by atoms with E-state index in [0.717, 1.165) is 60.2 Å². The lowest BCUT2D eigenvalue weighted by Gasteiger charge is -2.58. The van der Waals surface area contributed by atoms with Gasteiger partial charge >= 0.3 is 0 Å². The van der Waals surface area contributed by atoms with E-state index in [2.05, 4.69) is 27.7 Å². The zero-order valence-electron chi connectivity index (χ0n) is 20.8. The molecule has 2 nitrogen and oxygen atoms in total. The van der Waals surface area contributed by atoms with Crippen LogP contribution in [0.5, 0.6) is 0 Å². The van der Waals surface area contributed by atoms with Crippen molar-refractivity contribution >= 4 is 0 Å². The molecule has 2 heteroatoms. The summed E-state index contributed by atoms with van der Waals surface area (Å²) in [7, 11) is 0. The van der Waals surface area contributed by atoms with Crippen molar-refractivity contribution in [1.29, 1.82) is 0 Å². The van der Waals surface area contributed by atoms with Crippen molar-refractivity contribution in [2.24, 2.45) is 64.6 Å². The molecule has 2 N–H and O–H groups in total. The van der Waals surface area contributed by atoms with Crippen molar-refractivity contribution in [2.45, 2.75) is 117 Å². The maximum absolute atomic E-state index is 10.6. The number of rotatable bonds is 2. The molecule has 0 spiro atoms. The highest BCUT2D eigenvalue weighted by Crippen LogP contribution is 2.72. The first kappa shape index (κ1) is 22.7. The van der Waals surface area contributed by atoms with Gasteiger partial charge in [0.2, 0.25) is 0 Å². The summed E-state index contributed by atoms with van der Waals surface area (Å²) < 4.78 is 0. The Morgan fingerprint density at radius 3 is 1.32 bits per heavy atom. The minimum Gasteiger partial charge on any atom is -0.393 e. The third-order valence-electron chi connectivity index (χ3n) is 11.8. The number of aliphatic hydroxyl groups is 2. The predicted molar refractivity (Wildman–Crippen MR) is 127 cm³/mol. The van der Waals surface area contributed by atoms with Crippen molar-refractivity contribution in [3.05, 3.63) is 0 Å². The van der Waals surface area contributed by atoms with E-state index in [4.69, 9.17) is 0 Å². The molecule has 12 atom stereocenters. The third kappa shape index (κ3) is 3.65. The minimum atomic E-state index is -0.0776. The Morgan fingerprint density at radius 2 is 0.935 bits per heavy atom. The van der Waals surface area contributed by atoms with Crippen LogP contribution in [0.25, 0.3) is 0 Å². The summed E-state index contributed by atoms with van der Waals surface area (Å²) in [5.41, 5.74) is 0.498. The van der Waals surface area contributed by atoms with E-state index < -0.39 is 0 Å². The van der Waals surface area contributed by atoms with Crippen LogP contribution < -0.4 is 0 Å². The summed E-state index contributed by atoms with van der Waals surface area (Å²) in [6, 6.07) is 0. The van der Waals surface area contributed by atoms with Gasteiger partial charge < -0.3 is 10.2 Å². The van der Waals surface area contributed by atoms with Crippen LogP contribution in [-0.4, -0.2) is 22.4 Å². The van der Waals surface area contributed by atoms with E-state index in [0.29, 0.717) is 17.3 Å². The summed E-state index contributed by atoms with van der Waals surface area (Å²) in [5, 5.41) is 21.2. The highest BCUT2D eigenvalue weighted by Gasteiger charge is 2.66. The predicted octanol–water partition coefficient (Wildman–Crippen LogP) is 6.69. The van der Waals surface area contributed by atoms with Gasteiger partial charge in [-0.2, -0.15) is 0 Å². The Hall–Kier alpha value is -0.0800. The lowest BCUT2D eigenvalue weighted by molar-refractivity contribution is -0.113. The lowest BCUT2D eigenvalue weighted by atomic mass is 9.47. The van der Waals surface area contributed by atoms with Gasteiger partial charge in [0.1, 0.15) is 0 Å². The molecule has 0 bridgehead atoms. The first-order valence-electron chi connectivity index (χ1n) is 14.2. The second kappa shape index (κ2) is 8.61. The minimum absolute atomic E-state index is 0.0776. The standard InChI is InChI=1S/C29H50O2/c1-17-5-9-25-23(13-17)24-14-18(2)6-10-26(24)29(25,21-7-11-27(30)19(3)15-21)22-8-12-28(31)20(4)16-22/h17-28,30-31H,5-16H2,1-4H3. The van der Waals surface area contributed by atoms with Crippen molar-refractivity contribution in [2.75, 3.05) is 0 Å². The van der Waals surface area contributed by atoms with E-state index in [1.54, 1.807) is 0 Å². The molecule has 0 aromatic carbocycles. The molecule has 0 amide bonds. The molecule has 31 heavy (non-hydrogen) atoms. The third-order valence-corrected chi connectivity index (χ3v) is 11.8. The average Bonchev–Trinajstić information content (AvgIpc) is 3.02. The Balaban J connectivity index is 1.58. The first-order chi connectivity index (χ1) is 14.8. The van der Waals surface area contributed by atoms with Crippen molar-refractivity contribution < 1.29 is 10.2 Å². The molecule has 178 valence electrons. The molecule has 0 heterocycles. The van der Waals surface area contributed by atoms with Crippen molar-refractivity contribution in [3.8, 4) is 0 Å². The summed E-state index contributed by atoms with van der Waals surface area (Å²) in [6.45, 7) is 9.70. The van der Waals surface area contributed by atoms with Gasteiger partial charge in [0.05, 0.1) is 12.2 Å². The molecule has 12 unspecified atom stereocenters. The summed E-state index contributed by atoms with van der Waals surface area (Å²) in [6.07, 6.45) is 15.7. The molecule has 5 rings (SSSR count). The fraction of sp³-hybridized carbons (Fsp3) is 1.00. The summed E-state index contributed by atoms with van der Waals surface area (Å²) in [5.74, 6) is 8.12. The molecule has 5 saturated carbocycles. The smallest absolute Gasteiger partial charge is 0.0566 e. The van der Waals surface area contributed by atoms with Gasteiger partial charge in [-0.05, 0) is 129 Å². The van der Waals surface area contributed by atoms with Gasteiger partial charge in [0, 0.05) is 0 Å². The van der Waals surface area contributed by atoms with Crippen LogP contribution in [0.15, 0.2) is 0 Å². The van der Waals surface area contributed by atoms with E-state index in [-0.39, 0.29) is 12.2 Å². The van der Waals surface area contributed by atoms with Gasteiger partial charge in [0.15, 0.2) is 0 Å². The van der Waals surface area contributed by atoms with Crippen LogP contribution in [0, 0.1) is 64.6 Å². The molecule has 0 saturated heterocycles. The average molecular weight is 431 g/mol. The molecule has 0 aromatic rings. The zero-order chi connectivity index (χ0) is 21.9. The molecule has 0 aliphatic heterocycles. The number of hydrogen-bond acceptors (Lipinski definition) is 2. The van der Waals surface area contributed by atoms with Crippen LogP contribution in [0.2, 0.25) is 0 Å². The highest BCUT2D eigenvalue weighted by atomic mass is 16.3. The fourth-order valence-electron chi connectivity index (χ4n) is 10.5. The Bertz CT molecular complexity index is 576. The monoisotopic (exact) mass is 430 g/mol. The molecular formula is C29H50O2. The van der Waals surface area contributed by atoms with Crippen molar-refractivity contribution in [1.82, 2.24) is 0 Å². The maximum Gasteiger partial charge on any atom is 0.0566 e. The van der Waals surface area contributed by atoms with E-state index in [1.165, 1.54) is 64.2 Å². The highest BCUT2D eigenvalue weighted by molar-refractivity contribution is 5.14. The van der Waals surface area contributed by atoms with E-state index in [1.807, 2.05) is 0 Å². The first-order valence-corrected chi connectivity index (χ1v) is 14.2. The normalized spacial score (nSPS) is 57.9.